The molecular weight excluding hydrogens is 682 g/mol. The molecule has 0 bridgehead atoms. The van der Waals surface area contributed by atoms with Gasteiger partial charge in [0, 0.05) is 16.1 Å². The molecule has 0 saturated heterocycles. The second-order valence-corrected chi connectivity index (χ2v) is 12.7. The highest BCUT2D eigenvalue weighted by atomic mass is 79.9. The summed E-state index contributed by atoms with van der Waals surface area (Å²) in [7, 11) is -4.00. The van der Waals surface area contributed by atoms with Crippen LogP contribution < -0.4 is 5.73 Å². The number of carbonyl (C=O) groups is 1. The first-order valence-electron chi connectivity index (χ1n) is 10.6. The number of amidine groups is 1. The second-order valence-electron chi connectivity index (χ2n) is 7.84. The van der Waals surface area contributed by atoms with Gasteiger partial charge in [0.1, 0.15) is 11.4 Å². The number of hydrogen-bond acceptors (Lipinski definition) is 9. The number of sulfone groups is 1. The molecule has 218 valence electrons. The van der Waals surface area contributed by atoms with E-state index in [9.17, 15) is 36.1 Å². The Labute approximate surface area is 244 Å². The van der Waals surface area contributed by atoms with E-state index in [0.29, 0.717) is 24.6 Å². The lowest BCUT2D eigenvalue weighted by atomic mass is 10.2. The van der Waals surface area contributed by atoms with Crippen molar-refractivity contribution in [2.45, 2.75) is 26.7 Å². The van der Waals surface area contributed by atoms with Crippen molar-refractivity contribution in [3.05, 3.63) is 73.6 Å². The van der Waals surface area contributed by atoms with E-state index in [1.165, 1.54) is 53.0 Å². The number of thioether (sulfide) groups is 1. The van der Waals surface area contributed by atoms with Crippen molar-refractivity contribution in [1.29, 1.82) is 5.41 Å². The lowest BCUT2D eigenvalue weighted by molar-refractivity contribution is -0.387. The van der Waals surface area contributed by atoms with Gasteiger partial charge >= 0.3 is 17.8 Å². The number of thiophene rings is 1. The third-order valence-electron chi connectivity index (χ3n) is 5.21. The van der Waals surface area contributed by atoms with Gasteiger partial charge in [0.2, 0.25) is 15.7 Å². The fraction of sp³-hybridized carbons (Fsp3) is 0.136. The predicted molar refractivity (Wildman–Crippen MR) is 146 cm³/mol. The molecule has 0 unspecified atom stereocenters. The van der Waals surface area contributed by atoms with Gasteiger partial charge in [0.25, 0.3) is 0 Å². The molecule has 0 atom stereocenters. The highest BCUT2D eigenvalue weighted by molar-refractivity contribution is 9.10. The molecule has 0 aliphatic rings. The highest BCUT2D eigenvalue weighted by Gasteiger charge is 2.38. The van der Waals surface area contributed by atoms with Crippen LogP contribution in [-0.2, 0) is 21.2 Å². The number of fused-ring (bicyclic) bond motifs is 1. The number of carboxylic acid groups (broad SMARTS) is 1. The molecule has 0 aliphatic heterocycles. The topological polar surface area (TPSA) is 182 Å². The molecule has 19 heteroatoms. The van der Waals surface area contributed by atoms with Crippen LogP contribution in [0, 0.1) is 21.3 Å². The summed E-state index contributed by atoms with van der Waals surface area (Å²) in [6, 6.07) is 8.11. The fourth-order valence-corrected chi connectivity index (χ4v) is 7.94. The third-order valence-corrected chi connectivity index (χ3v) is 10.1. The van der Waals surface area contributed by atoms with Crippen molar-refractivity contribution in [1.82, 2.24) is 9.55 Å². The number of nitrogens with zero attached hydrogens (tertiary/aromatic N) is 3. The largest absolute Gasteiger partial charge is 0.490 e. The van der Waals surface area contributed by atoms with Gasteiger partial charge in [0.15, 0.2) is 0 Å². The summed E-state index contributed by atoms with van der Waals surface area (Å²) in [5.74, 6) is -3.94. The van der Waals surface area contributed by atoms with E-state index in [1.54, 1.807) is 6.26 Å². The van der Waals surface area contributed by atoms with Gasteiger partial charge in [-0.3, -0.25) is 15.5 Å². The minimum Gasteiger partial charge on any atom is -0.475 e. The SMILES string of the molecule is CSc1sc(C(=N)N)cc1S(=O)(=O)c1cc(Br)c2ncn(Cc3cccc([N+](=O)[O-])c3F)c2c1.O=C(O)C(F)(F)F. The number of aliphatic carboxylic acids is 1. The molecule has 0 saturated carbocycles. The number of imidazole rings is 1. The van der Waals surface area contributed by atoms with Crippen LogP contribution in [0.1, 0.15) is 10.4 Å². The molecule has 0 radical (unpaired) electrons. The van der Waals surface area contributed by atoms with Crippen molar-refractivity contribution >= 4 is 77.4 Å². The quantitative estimate of drug-likeness (QED) is 0.0566. The average molecular weight is 698 g/mol. The van der Waals surface area contributed by atoms with E-state index < -0.39 is 38.4 Å². The number of alkyl halides is 3. The number of benzene rings is 2. The molecular formula is C22H16BrF4N5O6S3. The molecule has 11 nitrogen and oxygen atoms in total. The van der Waals surface area contributed by atoms with Crippen LogP contribution in [0.25, 0.3) is 11.0 Å². The van der Waals surface area contributed by atoms with E-state index in [1.807, 2.05) is 0 Å². The summed E-state index contributed by atoms with van der Waals surface area (Å²) in [5.41, 5.74) is 5.81. The Kier molecular flexibility index (Phi) is 9.46. The Morgan fingerprint density at radius 3 is 2.49 bits per heavy atom. The molecule has 0 amide bonds. The lowest BCUT2D eigenvalue weighted by Crippen LogP contribution is -2.21. The van der Waals surface area contributed by atoms with Crippen LogP contribution in [0.2, 0.25) is 0 Å². The van der Waals surface area contributed by atoms with Crippen LogP contribution in [0.15, 0.2) is 61.2 Å². The number of nitrogen functional groups attached to an aromatic ring is 1. The van der Waals surface area contributed by atoms with E-state index in [-0.39, 0.29) is 27.7 Å². The zero-order valence-electron chi connectivity index (χ0n) is 20.3. The number of nitro groups is 1. The first kappa shape index (κ1) is 32.0. The first-order valence-corrected chi connectivity index (χ1v) is 14.9. The molecule has 2 heterocycles. The molecule has 0 spiro atoms. The van der Waals surface area contributed by atoms with E-state index in [4.69, 9.17) is 21.0 Å². The number of aromatic nitrogens is 2. The summed E-state index contributed by atoms with van der Waals surface area (Å²) < 4.78 is 75.8. The summed E-state index contributed by atoms with van der Waals surface area (Å²) in [6.07, 6.45) is -1.94. The minimum absolute atomic E-state index is 0.0312. The predicted octanol–water partition coefficient (Wildman–Crippen LogP) is 5.43. The van der Waals surface area contributed by atoms with Gasteiger partial charge in [-0.25, -0.2) is 18.2 Å². The number of nitrogens with one attached hydrogen (secondary N) is 1. The third kappa shape index (κ3) is 6.85. The number of nitro benzene ring substituents is 1. The van der Waals surface area contributed by atoms with Crippen molar-refractivity contribution < 1.29 is 40.8 Å². The van der Waals surface area contributed by atoms with Crippen molar-refractivity contribution in [2.24, 2.45) is 5.73 Å². The summed E-state index contributed by atoms with van der Waals surface area (Å²) >= 11 is 5.71. The number of halogens is 5. The Bertz CT molecular complexity index is 1790. The number of carboxylic acids is 1. The molecule has 0 fully saturated rings. The molecule has 4 aromatic rings. The number of nitrogens with two attached hydrogens (primary N) is 1. The maximum atomic E-state index is 14.6. The summed E-state index contributed by atoms with van der Waals surface area (Å²) in [4.78, 5) is 23.8. The zero-order valence-corrected chi connectivity index (χ0v) is 24.3. The van der Waals surface area contributed by atoms with Gasteiger partial charge in [-0.15, -0.1) is 23.1 Å². The lowest BCUT2D eigenvalue weighted by Gasteiger charge is -2.09. The smallest absolute Gasteiger partial charge is 0.475 e. The van der Waals surface area contributed by atoms with Crippen LogP contribution in [-0.4, -0.2) is 52.2 Å². The maximum absolute atomic E-state index is 14.6. The normalized spacial score (nSPS) is 11.7. The van der Waals surface area contributed by atoms with Crippen LogP contribution >= 0.6 is 39.0 Å². The van der Waals surface area contributed by atoms with E-state index in [2.05, 4.69) is 20.9 Å². The van der Waals surface area contributed by atoms with Gasteiger partial charge in [-0.05, 0) is 40.4 Å². The van der Waals surface area contributed by atoms with Crippen molar-refractivity contribution in [3.63, 3.8) is 0 Å². The molecule has 0 aliphatic carbocycles. The highest BCUT2D eigenvalue weighted by Crippen LogP contribution is 2.38. The van der Waals surface area contributed by atoms with Crippen LogP contribution in [0.4, 0.5) is 23.2 Å². The first-order chi connectivity index (χ1) is 19.0. The summed E-state index contributed by atoms with van der Waals surface area (Å²) in [6.45, 7) is -0.0943. The zero-order chi connectivity index (χ0) is 30.9. The molecule has 4 rings (SSSR count). The minimum atomic E-state index is -5.08. The van der Waals surface area contributed by atoms with E-state index >= 15 is 0 Å². The fourth-order valence-electron chi connectivity index (χ4n) is 3.34. The number of rotatable bonds is 7. The molecule has 4 N–H and O–H groups in total. The Morgan fingerprint density at radius 2 is 1.95 bits per heavy atom. The molecule has 2 aromatic carbocycles. The standard InChI is InChI=1S/C20H15BrFN5O4S3.C2HF3O2/c1-32-20-16(7-15(33-20)19(23)24)34(30,31)11-5-12(21)18-14(6-11)26(9-25-18)8-10-3-2-4-13(17(10)22)27(28)29;3-2(4,5)1(6)7/h2-7,9H,8H2,1H3,(H3,23,24);(H,6,7). The Balaban J connectivity index is 0.000000587. The monoisotopic (exact) mass is 697 g/mol. The van der Waals surface area contributed by atoms with Crippen LogP contribution in [0.3, 0.4) is 0 Å². The Hall–Kier alpha value is -3.55. The molecule has 2 aromatic heterocycles. The van der Waals surface area contributed by atoms with Gasteiger partial charge in [-0.1, -0.05) is 12.1 Å². The van der Waals surface area contributed by atoms with Gasteiger partial charge in [-0.2, -0.15) is 17.6 Å². The second kappa shape index (κ2) is 12.1. The van der Waals surface area contributed by atoms with E-state index in [0.717, 1.165) is 17.4 Å². The maximum Gasteiger partial charge on any atom is 0.490 e. The van der Waals surface area contributed by atoms with Crippen LogP contribution in [0.5, 0.6) is 0 Å². The molecule has 41 heavy (non-hydrogen) atoms. The van der Waals surface area contributed by atoms with Crippen molar-refractivity contribution in [3.8, 4) is 0 Å². The van der Waals surface area contributed by atoms with Gasteiger partial charge < -0.3 is 15.4 Å². The Morgan fingerprint density at radius 1 is 1.32 bits per heavy atom. The number of hydrogen-bond donors (Lipinski definition) is 3. The van der Waals surface area contributed by atoms with Gasteiger partial charge in [0.05, 0.1) is 42.2 Å². The average Bonchev–Trinajstić information content (AvgIpc) is 3.50. The summed E-state index contributed by atoms with van der Waals surface area (Å²) in [5, 5.41) is 25.8. The van der Waals surface area contributed by atoms with Crippen molar-refractivity contribution in [2.75, 3.05) is 6.26 Å².